The van der Waals surface area contributed by atoms with E-state index in [1.165, 1.54) is 17.4 Å². The first-order valence-corrected chi connectivity index (χ1v) is 16.7. The van der Waals surface area contributed by atoms with Crippen LogP contribution < -0.4 is 4.74 Å². The fraction of sp³-hybridized carbons (Fsp3) is 0.417. The van der Waals surface area contributed by atoms with Gasteiger partial charge in [0.1, 0.15) is 22.0 Å². The van der Waals surface area contributed by atoms with Gasteiger partial charge in [-0.2, -0.15) is 0 Å². The highest BCUT2D eigenvalue weighted by Crippen LogP contribution is 2.40. The maximum Gasteiger partial charge on any atom is 0.410 e. The van der Waals surface area contributed by atoms with E-state index in [-0.39, 0.29) is 41.0 Å². The van der Waals surface area contributed by atoms with Gasteiger partial charge in [0, 0.05) is 52.7 Å². The monoisotopic (exact) mass is 665 g/mol. The smallest absolute Gasteiger partial charge is 0.410 e. The standard InChI is InChI=1S/C36H41ClFN3O4S/c1-21-17-24(18-22(2)39-21)23-11-16-29(44-7)25(19-23)20-41(34(42)33-32(37)31-28(38)9-8-10-30(31)46-33)27-14-12-26(13-15-27)40(6)35(43)45-36(3,4)5/h8-11,16-19,26-27H,12-15,20H2,1-7H3. The number of amides is 2. The molecule has 0 N–H and O–H groups in total. The van der Waals surface area contributed by atoms with Crippen LogP contribution in [0.25, 0.3) is 21.2 Å². The third-order valence-electron chi connectivity index (χ3n) is 8.43. The summed E-state index contributed by atoms with van der Waals surface area (Å²) in [6.07, 6.45) is 2.39. The number of pyridine rings is 1. The molecular weight excluding hydrogens is 625 g/mol. The van der Waals surface area contributed by atoms with Crippen molar-refractivity contribution in [2.45, 2.75) is 84.5 Å². The molecule has 1 fully saturated rings. The summed E-state index contributed by atoms with van der Waals surface area (Å²) in [5, 5.41) is 0.401. The molecule has 4 aromatic rings. The van der Waals surface area contributed by atoms with E-state index >= 15 is 0 Å². The Bertz CT molecular complexity index is 1740. The molecule has 2 amide bonds. The van der Waals surface area contributed by atoms with E-state index in [1.54, 1.807) is 31.2 Å². The molecule has 0 spiro atoms. The molecule has 1 aliphatic carbocycles. The van der Waals surface area contributed by atoms with Crippen molar-refractivity contribution in [3.63, 3.8) is 0 Å². The number of rotatable bonds is 7. The van der Waals surface area contributed by atoms with Crippen molar-refractivity contribution in [3.05, 3.63) is 81.2 Å². The van der Waals surface area contributed by atoms with Gasteiger partial charge >= 0.3 is 6.09 Å². The second kappa shape index (κ2) is 13.6. The second-order valence-electron chi connectivity index (χ2n) is 13.0. The molecule has 0 bridgehead atoms. The Morgan fingerprint density at radius 1 is 1.00 bits per heavy atom. The lowest BCUT2D eigenvalue weighted by molar-refractivity contribution is 0.0144. The van der Waals surface area contributed by atoms with Gasteiger partial charge in [-0.1, -0.05) is 23.7 Å². The van der Waals surface area contributed by atoms with Crippen molar-refractivity contribution in [2.75, 3.05) is 14.2 Å². The van der Waals surface area contributed by atoms with Gasteiger partial charge in [-0.15, -0.1) is 11.3 Å². The molecule has 5 rings (SSSR count). The van der Waals surface area contributed by atoms with Crippen LogP contribution in [0, 0.1) is 19.7 Å². The lowest BCUT2D eigenvalue weighted by atomic mass is 9.89. The van der Waals surface area contributed by atoms with E-state index in [9.17, 15) is 14.0 Å². The zero-order valence-corrected chi connectivity index (χ0v) is 29.0. The number of carbonyl (C=O) groups excluding carboxylic acids is 2. The third-order valence-corrected chi connectivity index (χ3v) is 10.1. The second-order valence-corrected chi connectivity index (χ2v) is 14.4. The fourth-order valence-corrected chi connectivity index (χ4v) is 7.72. The number of benzene rings is 2. The summed E-state index contributed by atoms with van der Waals surface area (Å²) in [7, 11) is 3.39. The van der Waals surface area contributed by atoms with Gasteiger partial charge in [-0.25, -0.2) is 9.18 Å². The van der Waals surface area contributed by atoms with Gasteiger partial charge < -0.3 is 19.3 Å². The van der Waals surface area contributed by atoms with Gasteiger partial charge in [0.25, 0.3) is 5.91 Å². The zero-order chi connectivity index (χ0) is 33.3. The van der Waals surface area contributed by atoms with E-state index < -0.39 is 11.4 Å². The lowest BCUT2D eigenvalue weighted by Crippen LogP contribution is -2.47. The molecule has 46 heavy (non-hydrogen) atoms. The topological polar surface area (TPSA) is 72.0 Å². The van der Waals surface area contributed by atoms with Crippen LogP contribution in [0.15, 0.2) is 48.5 Å². The van der Waals surface area contributed by atoms with Crippen molar-refractivity contribution in [3.8, 4) is 16.9 Å². The molecule has 0 radical (unpaired) electrons. The van der Waals surface area contributed by atoms with E-state index in [0.717, 1.165) is 28.1 Å². The number of hydrogen-bond acceptors (Lipinski definition) is 6. The van der Waals surface area contributed by atoms with Crippen LogP contribution in [0.3, 0.4) is 0 Å². The summed E-state index contributed by atoms with van der Waals surface area (Å²) in [6, 6.07) is 14.7. The van der Waals surface area contributed by atoms with E-state index in [0.29, 0.717) is 41.0 Å². The third kappa shape index (κ3) is 7.31. The summed E-state index contributed by atoms with van der Waals surface area (Å²) in [5.41, 5.74) is 4.11. The van der Waals surface area contributed by atoms with Crippen molar-refractivity contribution in [2.24, 2.45) is 0 Å². The minimum atomic E-state index is -0.587. The van der Waals surface area contributed by atoms with Crippen LogP contribution in [-0.2, 0) is 11.3 Å². The Morgan fingerprint density at radius 3 is 2.26 bits per heavy atom. The number of aromatic nitrogens is 1. The predicted octanol–water partition coefficient (Wildman–Crippen LogP) is 9.20. The molecule has 10 heteroatoms. The average molecular weight is 666 g/mol. The van der Waals surface area contributed by atoms with Crippen molar-refractivity contribution in [1.82, 2.24) is 14.8 Å². The number of aryl methyl sites for hydroxylation is 2. The largest absolute Gasteiger partial charge is 0.496 e. The molecule has 1 saturated carbocycles. The van der Waals surface area contributed by atoms with E-state index in [4.69, 9.17) is 21.1 Å². The highest BCUT2D eigenvalue weighted by molar-refractivity contribution is 7.21. The molecular formula is C36H41ClFN3O4S. The Labute approximate surface area is 279 Å². The SMILES string of the molecule is COc1ccc(-c2cc(C)nc(C)c2)cc1CN(C(=O)c1sc2cccc(F)c2c1Cl)C1CCC(N(C)C(=O)OC(C)(C)C)CC1. The maximum absolute atomic E-state index is 14.8. The summed E-state index contributed by atoms with van der Waals surface area (Å²) >= 11 is 7.93. The minimum absolute atomic E-state index is 0.0129. The van der Waals surface area contributed by atoms with Crippen LogP contribution in [-0.4, -0.2) is 58.6 Å². The Morgan fingerprint density at radius 2 is 1.65 bits per heavy atom. The number of methoxy groups -OCH3 is 1. The van der Waals surface area contributed by atoms with Gasteiger partial charge in [0.2, 0.25) is 0 Å². The molecule has 2 heterocycles. The quantitative estimate of drug-likeness (QED) is 0.197. The van der Waals surface area contributed by atoms with E-state index in [1.807, 2.05) is 63.8 Å². The molecule has 0 aliphatic heterocycles. The minimum Gasteiger partial charge on any atom is -0.496 e. The highest BCUT2D eigenvalue weighted by atomic mass is 35.5. The van der Waals surface area contributed by atoms with Gasteiger partial charge in [0.15, 0.2) is 0 Å². The number of hydrogen-bond donors (Lipinski definition) is 0. The number of ether oxygens (including phenoxy) is 2. The van der Waals surface area contributed by atoms with Gasteiger partial charge in [-0.05, 0) is 108 Å². The molecule has 7 nitrogen and oxygen atoms in total. The van der Waals surface area contributed by atoms with Gasteiger partial charge in [-0.3, -0.25) is 9.78 Å². The summed E-state index contributed by atoms with van der Waals surface area (Å²) in [4.78, 5) is 35.6. The molecule has 2 aromatic carbocycles. The maximum atomic E-state index is 14.8. The van der Waals surface area contributed by atoms with Crippen LogP contribution >= 0.6 is 22.9 Å². The lowest BCUT2D eigenvalue weighted by Gasteiger charge is -2.40. The number of nitrogens with zero attached hydrogens (tertiary/aromatic N) is 3. The van der Waals surface area contributed by atoms with Gasteiger partial charge in [0.05, 0.1) is 12.1 Å². The Balaban J connectivity index is 1.49. The summed E-state index contributed by atoms with van der Waals surface area (Å²) in [6.45, 7) is 9.76. The number of carbonyl (C=O) groups is 2. The Hall–Kier alpha value is -3.69. The van der Waals surface area contributed by atoms with E-state index in [2.05, 4.69) is 11.1 Å². The number of fused-ring (bicyclic) bond motifs is 1. The Kier molecular flexibility index (Phi) is 9.94. The van der Waals surface area contributed by atoms with Crippen molar-refractivity contribution < 1.29 is 23.5 Å². The van der Waals surface area contributed by atoms with Crippen molar-refractivity contribution >= 4 is 45.0 Å². The summed E-state index contributed by atoms with van der Waals surface area (Å²) < 4.78 is 26.8. The molecule has 0 atom stereocenters. The normalized spacial score (nSPS) is 16.7. The molecule has 1 aliphatic rings. The first-order chi connectivity index (χ1) is 21.8. The fourth-order valence-electron chi connectivity index (χ4n) is 6.21. The van der Waals surface area contributed by atoms with Crippen LogP contribution in [0.4, 0.5) is 9.18 Å². The van der Waals surface area contributed by atoms with Crippen LogP contribution in [0.5, 0.6) is 5.75 Å². The highest BCUT2D eigenvalue weighted by Gasteiger charge is 2.35. The van der Waals surface area contributed by atoms with Crippen LogP contribution in [0.2, 0.25) is 5.02 Å². The van der Waals surface area contributed by atoms with Crippen molar-refractivity contribution in [1.29, 1.82) is 0 Å². The average Bonchev–Trinajstić information content (AvgIpc) is 3.35. The summed E-state index contributed by atoms with van der Waals surface area (Å²) in [5.74, 6) is -0.0409. The number of thiophene rings is 1. The number of halogens is 2. The molecule has 0 saturated heterocycles. The van der Waals surface area contributed by atoms with Crippen LogP contribution in [0.1, 0.15) is 73.1 Å². The predicted molar refractivity (Wildman–Crippen MR) is 182 cm³/mol. The first kappa shape index (κ1) is 33.7. The zero-order valence-electron chi connectivity index (χ0n) is 27.4. The first-order valence-electron chi connectivity index (χ1n) is 15.5. The molecule has 2 aromatic heterocycles. The molecule has 244 valence electrons. The molecule has 0 unspecified atom stereocenters.